The van der Waals surface area contributed by atoms with Gasteiger partial charge in [0.2, 0.25) is 0 Å². The minimum absolute atomic E-state index is 0.518. The van der Waals surface area contributed by atoms with Crippen molar-refractivity contribution in [2.75, 3.05) is 7.05 Å². The summed E-state index contributed by atoms with van der Waals surface area (Å²) in [5.41, 5.74) is 1.22. The number of aliphatic imine (C=N–C) groups is 1. The predicted molar refractivity (Wildman–Crippen MR) is 72.3 cm³/mol. The fourth-order valence-electron chi connectivity index (χ4n) is 1.27. The van der Waals surface area contributed by atoms with Crippen LogP contribution in [-0.4, -0.2) is 13.3 Å². The van der Waals surface area contributed by atoms with Gasteiger partial charge in [-0.3, -0.25) is 4.99 Å². The topological polar surface area (TPSA) is 33.6 Å². The van der Waals surface area contributed by atoms with Gasteiger partial charge >= 0.3 is 0 Å². The summed E-state index contributed by atoms with van der Waals surface area (Å²) in [6.07, 6.45) is 5.11. The lowest BCUT2D eigenvalue weighted by Gasteiger charge is -2.05. The minimum Gasteiger partial charge on any atom is -0.456 e. The van der Waals surface area contributed by atoms with Gasteiger partial charge in [-0.25, -0.2) is 0 Å². The first kappa shape index (κ1) is 13.2. The first-order chi connectivity index (χ1) is 8.26. The van der Waals surface area contributed by atoms with Crippen molar-refractivity contribution in [3.05, 3.63) is 54.4 Å². The maximum Gasteiger partial charge on any atom is 0.138 e. The van der Waals surface area contributed by atoms with Gasteiger partial charge in [-0.2, -0.15) is 0 Å². The summed E-state index contributed by atoms with van der Waals surface area (Å²) in [6, 6.07) is 7.87. The Balaban J connectivity index is 2.54. The molecule has 0 aliphatic rings. The van der Waals surface area contributed by atoms with E-state index in [-0.39, 0.29) is 0 Å². The Kier molecular flexibility index (Phi) is 5.75. The van der Waals surface area contributed by atoms with Crippen molar-refractivity contribution in [3.8, 4) is 5.75 Å². The molecule has 0 heterocycles. The molecule has 0 bridgehead atoms. The van der Waals surface area contributed by atoms with Gasteiger partial charge in [0.1, 0.15) is 11.5 Å². The third-order valence-electron chi connectivity index (χ3n) is 2.01. The Bertz CT molecular complexity index is 405. The lowest BCUT2D eigenvalue weighted by Crippen LogP contribution is -2.04. The molecule has 0 amide bonds. The molecule has 1 N–H and O–H groups in total. The average molecular weight is 230 g/mol. The molecule has 1 aromatic carbocycles. The van der Waals surface area contributed by atoms with E-state index in [1.165, 1.54) is 5.56 Å². The van der Waals surface area contributed by atoms with E-state index in [0.29, 0.717) is 5.76 Å². The first-order valence-corrected chi connectivity index (χ1v) is 5.51. The second-order valence-electron chi connectivity index (χ2n) is 3.50. The number of nitrogens with zero attached hydrogens (tertiary/aromatic N) is 1. The molecule has 0 saturated carbocycles. The van der Waals surface area contributed by atoms with Crippen LogP contribution in [0.15, 0.2) is 53.9 Å². The lowest BCUT2D eigenvalue weighted by molar-refractivity contribution is 0.459. The molecule has 0 aliphatic heterocycles. The Labute approximate surface area is 103 Å². The molecule has 3 nitrogen and oxygen atoms in total. The van der Waals surface area contributed by atoms with Crippen molar-refractivity contribution in [1.82, 2.24) is 5.32 Å². The second-order valence-corrected chi connectivity index (χ2v) is 3.50. The maximum atomic E-state index is 5.50. The van der Waals surface area contributed by atoms with E-state index >= 15 is 0 Å². The Hall–Kier alpha value is -1.87. The van der Waals surface area contributed by atoms with E-state index in [1.807, 2.05) is 44.3 Å². The predicted octanol–water partition coefficient (Wildman–Crippen LogP) is 2.90. The Morgan fingerprint density at radius 3 is 2.71 bits per heavy atom. The molecular weight excluding hydrogens is 212 g/mol. The van der Waals surface area contributed by atoms with Gasteiger partial charge < -0.3 is 10.1 Å². The van der Waals surface area contributed by atoms with Crippen LogP contribution in [0.5, 0.6) is 5.75 Å². The number of allylic oxidation sites excluding steroid dienone is 2. The number of ether oxygens (including phenoxy) is 1. The van der Waals surface area contributed by atoms with Gasteiger partial charge in [0, 0.05) is 12.7 Å². The molecule has 0 spiro atoms. The molecule has 0 aliphatic carbocycles. The summed E-state index contributed by atoms with van der Waals surface area (Å²) in [5, 5.41) is 3.09. The van der Waals surface area contributed by atoms with Crippen LogP contribution >= 0.6 is 0 Å². The quantitative estimate of drug-likeness (QED) is 0.602. The van der Waals surface area contributed by atoms with Gasteiger partial charge in [-0.1, -0.05) is 24.8 Å². The summed E-state index contributed by atoms with van der Waals surface area (Å²) < 4.78 is 5.50. The first-order valence-electron chi connectivity index (χ1n) is 5.51. The number of nitrogens with one attached hydrogen (secondary N) is 1. The van der Waals surface area contributed by atoms with Crippen LogP contribution in [0.3, 0.4) is 0 Å². The molecule has 3 heteroatoms. The van der Waals surface area contributed by atoms with E-state index < -0.39 is 0 Å². The zero-order chi connectivity index (χ0) is 12.5. The number of rotatable bonds is 6. The second kappa shape index (κ2) is 7.41. The third kappa shape index (κ3) is 5.13. The maximum absolute atomic E-state index is 5.50. The summed E-state index contributed by atoms with van der Waals surface area (Å²) in [4.78, 5) is 3.99. The van der Waals surface area contributed by atoms with Crippen molar-refractivity contribution in [2.45, 2.75) is 13.5 Å². The van der Waals surface area contributed by atoms with Crippen molar-refractivity contribution in [2.24, 2.45) is 4.99 Å². The van der Waals surface area contributed by atoms with E-state index in [0.717, 1.165) is 12.3 Å². The zero-order valence-corrected chi connectivity index (χ0v) is 10.3. The lowest BCUT2D eigenvalue weighted by atomic mass is 10.2. The molecule has 0 aromatic heterocycles. The standard InChI is InChI=1S/C14H18N2O/c1-4-9-16-10-12(2)17-14-7-5-13(6-8-14)11-15-3/h4-10,15H,2,11H2,1,3H3/b9-4-,16-10?. The summed E-state index contributed by atoms with van der Waals surface area (Å²) in [6.45, 7) is 6.52. The molecular formula is C14H18N2O. The number of hydrogen-bond acceptors (Lipinski definition) is 3. The third-order valence-corrected chi connectivity index (χ3v) is 2.01. The van der Waals surface area contributed by atoms with Crippen molar-refractivity contribution in [1.29, 1.82) is 0 Å². The van der Waals surface area contributed by atoms with E-state index in [1.54, 1.807) is 12.4 Å². The molecule has 0 unspecified atom stereocenters. The summed E-state index contributed by atoms with van der Waals surface area (Å²) >= 11 is 0. The average Bonchev–Trinajstić information content (AvgIpc) is 2.32. The Morgan fingerprint density at radius 2 is 2.12 bits per heavy atom. The highest BCUT2D eigenvalue weighted by molar-refractivity contribution is 5.76. The van der Waals surface area contributed by atoms with Crippen LogP contribution in [0, 0.1) is 0 Å². The monoisotopic (exact) mass is 230 g/mol. The highest BCUT2D eigenvalue weighted by Crippen LogP contribution is 2.14. The smallest absolute Gasteiger partial charge is 0.138 e. The van der Waals surface area contributed by atoms with E-state index in [2.05, 4.69) is 16.9 Å². The van der Waals surface area contributed by atoms with Gasteiger partial charge in [-0.05, 0) is 31.7 Å². The molecule has 1 aromatic rings. The van der Waals surface area contributed by atoms with Gasteiger partial charge in [-0.15, -0.1) is 0 Å². The van der Waals surface area contributed by atoms with Crippen molar-refractivity contribution in [3.63, 3.8) is 0 Å². The van der Waals surface area contributed by atoms with Crippen LogP contribution in [0.2, 0.25) is 0 Å². The zero-order valence-electron chi connectivity index (χ0n) is 10.3. The normalized spacial score (nSPS) is 11.2. The number of benzene rings is 1. The molecule has 0 atom stereocenters. The molecule has 1 rings (SSSR count). The SMILES string of the molecule is C=C(C=N/C=C\C)Oc1ccc(CNC)cc1. The number of hydrogen-bond donors (Lipinski definition) is 1. The van der Waals surface area contributed by atoms with E-state index in [9.17, 15) is 0 Å². The van der Waals surface area contributed by atoms with Gasteiger partial charge in [0.15, 0.2) is 0 Å². The highest BCUT2D eigenvalue weighted by Gasteiger charge is 1.96. The fourth-order valence-corrected chi connectivity index (χ4v) is 1.27. The van der Waals surface area contributed by atoms with Gasteiger partial charge in [0.25, 0.3) is 0 Å². The van der Waals surface area contributed by atoms with Crippen LogP contribution in [0.1, 0.15) is 12.5 Å². The fraction of sp³-hybridized carbons (Fsp3) is 0.214. The highest BCUT2D eigenvalue weighted by atomic mass is 16.5. The molecule has 0 fully saturated rings. The largest absolute Gasteiger partial charge is 0.456 e. The van der Waals surface area contributed by atoms with Crippen molar-refractivity contribution >= 4 is 6.21 Å². The van der Waals surface area contributed by atoms with Crippen molar-refractivity contribution < 1.29 is 4.74 Å². The van der Waals surface area contributed by atoms with E-state index in [4.69, 9.17) is 4.74 Å². The minimum atomic E-state index is 0.518. The van der Waals surface area contributed by atoms with Crippen LogP contribution in [-0.2, 0) is 6.54 Å². The summed E-state index contributed by atoms with van der Waals surface area (Å²) in [5.74, 6) is 1.28. The molecule has 0 radical (unpaired) electrons. The molecule has 90 valence electrons. The summed E-state index contributed by atoms with van der Waals surface area (Å²) in [7, 11) is 1.92. The molecule has 0 saturated heterocycles. The van der Waals surface area contributed by atoms with Gasteiger partial charge in [0.05, 0.1) is 6.21 Å². The molecule has 17 heavy (non-hydrogen) atoms. The van der Waals surface area contributed by atoms with Crippen LogP contribution in [0.4, 0.5) is 0 Å². The van der Waals surface area contributed by atoms with Crippen LogP contribution in [0.25, 0.3) is 0 Å². The van der Waals surface area contributed by atoms with Crippen LogP contribution < -0.4 is 10.1 Å². The Morgan fingerprint density at radius 1 is 1.41 bits per heavy atom.